The maximum absolute atomic E-state index is 11.1. The topological polar surface area (TPSA) is 52.6 Å². The number of Topliss-reactive ketones (excluding diaryl/α,β-unsaturated/α-hetero) is 1. The second-order valence-corrected chi connectivity index (χ2v) is 2.93. The second-order valence-electron chi connectivity index (χ2n) is 2.93. The van der Waals surface area contributed by atoms with Crippen LogP contribution in [0.3, 0.4) is 0 Å². The van der Waals surface area contributed by atoms with Crippen molar-refractivity contribution in [3.05, 3.63) is 0 Å². The summed E-state index contributed by atoms with van der Waals surface area (Å²) < 4.78 is 9.68. The summed E-state index contributed by atoms with van der Waals surface area (Å²) in [5.74, 6) is -0.698. The van der Waals surface area contributed by atoms with Gasteiger partial charge in [-0.25, -0.2) is 0 Å². The summed E-state index contributed by atoms with van der Waals surface area (Å²) in [6.45, 7) is 4.65. The van der Waals surface area contributed by atoms with Crippen molar-refractivity contribution < 1.29 is 19.1 Å². The number of carbonyl (C=O) groups is 2. The highest BCUT2D eigenvalue weighted by molar-refractivity contribution is 5.96. The minimum Gasteiger partial charge on any atom is -0.466 e. The van der Waals surface area contributed by atoms with Crippen molar-refractivity contribution in [1.29, 1.82) is 0 Å². The lowest BCUT2D eigenvalue weighted by atomic mass is 10.3. The Hall–Kier alpha value is -0.900. The van der Waals surface area contributed by atoms with Crippen LogP contribution in [-0.2, 0) is 19.1 Å². The van der Waals surface area contributed by atoms with Crippen molar-refractivity contribution >= 4 is 11.8 Å². The van der Waals surface area contributed by atoms with E-state index in [9.17, 15) is 9.59 Å². The molecule has 4 nitrogen and oxygen atoms in total. The zero-order valence-electron chi connectivity index (χ0n) is 8.88. The monoisotopic (exact) mass is 202 g/mol. The molecule has 0 aliphatic rings. The van der Waals surface area contributed by atoms with Gasteiger partial charge in [0.2, 0.25) is 0 Å². The Balaban J connectivity index is 3.40. The van der Waals surface area contributed by atoms with Gasteiger partial charge in [0.25, 0.3) is 0 Å². The number of rotatable bonds is 8. The largest absolute Gasteiger partial charge is 0.466 e. The number of hydrogen-bond donors (Lipinski definition) is 0. The molecule has 0 N–H and O–H groups in total. The average molecular weight is 202 g/mol. The molecule has 0 aliphatic heterocycles. The molecule has 0 atom stereocenters. The molecule has 0 aliphatic carbocycles. The zero-order valence-corrected chi connectivity index (χ0v) is 8.88. The fourth-order valence-electron chi connectivity index (χ4n) is 0.856. The summed E-state index contributed by atoms with van der Waals surface area (Å²) in [7, 11) is 0. The van der Waals surface area contributed by atoms with Crippen molar-refractivity contribution in [2.75, 3.05) is 19.8 Å². The van der Waals surface area contributed by atoms with Crippen LogP contribution in [0.1, 0.15) is 33.1 Å². The SMILES string of the molecule is CCCCOCC(=O)CC(=O)OCC. The number of ketones is 1. The quantitative estimate of drug-likeness (QED) is 0.338. The van der Waals surface area contributed by atoms with Gasteiger partial charge in [0, 0.05) is 6.61 Å². The van der Waals surface area contributed by atoms with Crippen LogP contribution in [0.5, 0.6) is 0 Å². The van der Waals surface area contributed by atoms with Crippen LogP contribution >= 0.6 is 0 Å². The first-order valence-electron chi connectivity index (χ1n) is 4.95. The number of esters is 1. The molecule has 0 saturated heterocycles. The molecule has 0 aromatic heterocycles. The van der Waals surface area contributed by atoms with Crippen LogP contribution in [0.2, 0.25) is 0 Å². The van der Waals surface area contributed by atoms with Crippen LogP contribution in [0.25, 0.3) is 0 Å². The third-order valence-corrected chi connectivity index (χ3v) is 1.55. The second kappa shape index (κ2) is 8.69. The van der Waals surface area contributed by atoms with E-state index in [-0.39, 0.29) is 18.8 Å². The van der Waals surface area contributed by atoms with E-state index >= 15 is 0 Å². The zero-order chi connectivity index (χ0) is 10.8. The highest BCUT2D eigenvalue weighted by atomic mass is 16.5. The van der Waals surface area contributed by atoms with Gasteiger partial charge in [-0.15, -0.1) is 0 Å². The number of hydrogen-bond acceptors (Lipinski definition) is 4. The molecule has 82 valence electrons. The molecule has 0 unspecified atom stereocenters. The fraction of sp³-hybridized carbons (Fsp3) is 0.800. The minimum absolute atomic E-state index is 0.0127. The van der Waals surface area contributed by atoms with E-state index < -0.39 is 5.97 Å². The van der Waals surface area contributed by atoms with Crippen molar-refractivity contribution in [3.8, 4) is 0 Å². The number of ether oxygens (including phenoxy) is 2. The maximum atomic E-state index is 11.1. The molecule has 4 heteroatoms. The first-order chi connectivity index (χ1) is 6.70. The molecule has 0 spiro atoms. The van der Waals surface area contributed by atoms with E-state index in [4.69, 9.17) is 4.74 Å². The Labute approximate surface area is 84.6 Å². The minimum atomic E-state index is -0.475. The Kier molecular flexibility index (Phi) is 8.13. The van der Waals surface area contributed by atoms with E-state index in [0.29, 0.717) is 13.2 Å². The molecule has 0 rings (SSSR count). The predicted molar refractivity (Wildman–Crippen MR) is 52.0 cm³/mol. The van der Waals surface area contributed by atoms with Crippen LogP contribution < -0.4 is 0 Å². The Bertz CT molecular complexity index is 177. The molecule has 0 aromatic rings. The predicted octanol–water partition coefficient (Wildman–Crippen LogP) is 1.33. The van der Waals surface area contributed by atoms with Gasteiger partial charge in [0.05, 0.1) is 6.61 Å². The van der Waals surface area contributed by atoms with E-state index in [1.165, 1.54) is 0 Å². The highest BCUT2D eigenvalue weighted by Crippen LogP contribution is 1.92. The molecule has 0 radical (unpaired) electrons. The molecule has 0 fully saturated rings. The summed E-state index contributed by atoms with van der Waals surface area (Å²) in [5, 5.41) is 0. The van der Waals surface area contributed by atoms with Crippen LogP contribution in [0.4, 0.5) is 0 Å². The molecular weight excluding hydrogens is 184 g/mol. The van der Waals surface area contributed by atoms with Gasteiger partial charge in [-0.1, -0.05) is 13.3 Å². The third kappa shape index (κ3) is 7.73. The summed E-state index contributed by atoms with van der Waals surface area (Å²) >= 11 is 0. The van der Waals surface area contributed by atoms with Crippen molar-refractivity contribution in [2.24, 2.45) is 0 Å². The lowest BCUT2D eigenvalue weighted by Gasteiger charge is -2.02. The highest BCUT2D eigenvalue weighted by Gasteiger charge is 2.09. The summed E-state index contributed by atoms with van der Waals surface area (Å²) in [4.78, 5) is 21.9. The van der Waals surface area contributed by atoms with Crippen LogP contribution in [0, 0.1) is 0 Å². The lowest BCUT2D eigenvalue weighted by molar-refractivity contribution is -0.146. The summed E-state index contributed by atoms with van der Waals surface area (Å²) in [6, 6.07) is 0. The molecule has 0 heterocycles. The molecular formula is C10H18O4. The Morgan fingerprint density at radius 3 is 2.50 bits per heavy atom. The molecule has 14 heavy (non-hydrogen) atoms. The molecule has 0 aromatic carbocycles. The van der Waals surface area contributed by atoms with E-state index in [0.717, 1.165) is 12.8 Å². The van der Waals surface area contributed by atoms with Gasteiger partial charge in [-0.05, 0) is 13.3 Å². The first kappa shape index (κ1) is 13.1. The maximum Gasteiger partial charge on any atom is 0.313 e. The Morgan fingerprint density at radius 1 is 1.21 bits per heavy atom. The van der Waals surface area contributed by atoms with E-state index in [1.807, 2.05) is 6.92 Å². The lowest BCUT2D eigenvalue weighted by Crippen LogP contribution is -2.16. The van der Waals surface area contributed by atoms with Gasteiger partial charge in [-0.3, -0.25) is 9.59 Å². The van der Waals surface area contributed by atoms with Gasteiger partial charge in [-0.2, -0.15) is 0 Å². The standard InChI is InChI=1S/C10H18O4/c1-3-5-6-13-8-9(11)7-10(12)14-4-2/h3-8H2,1-2H3. The van der Waals surface area contributed by atoms with Crippen LogP contribution in [0.15, 0.2) is 0 Å². The van der Waals surface area contributed by atoms with Crippen molar-refractivity contribution in [1.82, 2.24) is 0 Å². The molecule has 0 saturated carbocycles. The molecule has 0 amide bonds. The first-order valence-corrected chi connectivity index (χ1v) is 4.95. The number of unbranched alkanes of at least 4 members (excludes halogenated alkanes) is 1. The third-order valence-electron chi connectivity index (χ3n) is 1.55. The summed E-state index contributed by atoms with van der Waals surface area (Å²) in [6.07, 6.45) is 1.79. The van der Waals surface area contributed by atoms with Gasteiger partial charge >= 0.3 is 5.97 Å². The fourth-order valence-corrected chi connectivity index (χ4v) is 0.856. The van der Waals surface area contributed by atoms with E-state index in [1.54, 1.807) is 6.92 Å². The summed E-state index contributed by atoms with van der Waals surface area (Å²) in [5.41, 5.74) is 0. The van der Waals surface area contributed by atoms with Gasteiger partial charge < -0.3 is 9.47 Å². The van der Waals surface area contributed by atoms with E-state index in [2.05, 4.69) is 4.74 Å². The Morgan fingerprint density at radius 2 is 1.93 bits per heavy atom. The average Bonchev–Trinajstić information content (AvgIpc) is 2.13. The van der Waals surface area contributed by atoms with Crippen molar-refractivity contribution in [2.45, 2.75) is 33.1 Å². The molecule has 0 bridgehead atoms. The van der Waals surface area contributed by atoms with Crippen LogP contribution in [-0.4, -0.2) is 31.6 Å². The normalized spacial score (nSPS) is 9.86. The smallest absolute Gasteiger partial charge is 0.313 e. The van der Waals surface area contributed by atoms with Gasteiger partial charge in [0.15, 0.2) is 5.78 Å². The number of carbonyl (C=O) groups excluding carboxylic acids is 2. The van der Waals surface area contributed by atoms with Crippen molar-refractivity contribution in [3.63, 3.8) is 0 Å². The van der Waals surface area contributed by atoms with Gasteiger partial charge in [0.1, 0.15) is 13.0 Å².